The molecular weight excluding hydrogens is 405 g/mol. The van der Waals surface area contributed by atoms with E-state index in [4.69, 9.17) is 4.74 Å². The standard InChI is InChI=1S/C18H18INO3/c1-3-17(21)13-4-10-16(11-5-13)23-12(2)18(22)20-15-8-6-14(19)7-9-15/h4-12H,3H2,1-2H3,(H,20,22)/t12-/m1/s1. The number of nitrogens with one attached hydrogen (secondary N) is 1. The van der Waals surface area contributed by atoms with Gasteiger partial charge >= 0.3 is 0 Å². The molecule has 1 atom stereocenters. The smallest absolute Gasteiger partial charge is 0.265 e. The summed E-state index contributed by atoms with van der Waals surface area (Å²) < 4.78 is 6.72. The van der Waals surface area contributed by atoms with Crippen LogP contribution in [0.1, 0.15) is 30.6 Å². The normalized spacial score (nSPS) is 11.6. The molecule has 4 nitrogen and oxygen atoms in total. The fourth-order valence-electron chi connectivity index (χ4n) is 1.96. The maximum absolute atomic E-state index is 12.1. The summed E-state index contributed by atoms with van der Waals surface area (Å²) in [6.45, 7) is 3.51. The Morgan fingerprint density at radius 1 is 1.09 bits per heavy atom. The second kappa shape index (κ2) is 8.10. The zero-order chi connectivity index (χ0) is 16.8. The lowest BCUT2D eigenvalue weighted by Crippen LogP contribution is -2.30. The lowest BCUT2D eigenvalue weighted by Gasteiger charge is -2.15. The SMILES string of the molecule is CCC(=O)c1ccc(O[C@H](C)C(=O)Nc2ccc(I)cc2)cc1. The average Bonchev–Trinajstić information content (AvgIpc) is 2.56. The minimum atomic E-state index is -0.637. The van der Waals surface area contributed by atoms with Gasteiger partial charge in [-0.25, -0.2) is 0 Å². The number of anilines is 1. The average molecular weight is 423 g/mol. The molecule has 0 aliphatic carbocycles. The summed E-state index contributed by atoms with van der Waals surface area (Å²) in [7, 11) is 0. The van der Waals surface area contributed by atoms with Crippen molar-refractivity contribution in [3.8, 4) is 5.75 Å². The number of carbonyl (C=O) groups is 2. The Balaban J connectivity index is 1.95. The van der Waals surface area contributed by atoms with Crippen LogP contribution in [-0.4, -0.2) is 17.8 Å². The number of hydrogen-bond acceptors (Lipinski definition) is 3. The van der Waals surface area contributed by atoms with Gasteiger partial charge in [0.2, 0.25) is 0 Å². The Labute approximate surface area is 149 Å². The van der Waals surface area contributed by atoms with E-state index in [2.05, 4.69) is 27.9 Å². The van der Waals surface area contributed by atoms with E-state index in [-0.39, 0.29) is 11.7 Å². The molecule has 0 unspecified atom stereocenters. The molecule has 0 spiro atoms. The van der Waals surface area contributed by atoms with Crippen molar-refractivity contribution in [1.29, 1.82) is 0 Å². The van der Waals surface area contributed by atoms with Crippen LogP contribution in [0.25, 0.3) is 0 Å². The maximum atomic E-state index is 12.1. The maximum Gasteiger partial charge on any atom is 0.265 e. The Kier molecular flexibility index (Phi) is 6.15. The molecule has 1 N–H and O–H groups in total. The first kappa shape index (κ1) is 17.5. The molecule has 2 rings (SSSR count). The fraction of sp³-hybridized carbons (Fsp3) is 0.222. The molecule has 0 aliphatic rings. The predicted octanol–water partition coefficient (Wildman–Crippen LogP) is 4.29. The number of benzene rings is 2. The van der Waals surface area contributed by atoms with Crippen molar-refractivity contribution in [3.63, 3.8) is 0 Å². The summed E-state index contributed by atoms with van der Waals surface area (Å²) in [5.74, 6) is 0.420. The van der Waals surface area contributed by atoms with Crippen molar-refractivity contribution in [3.05, 3.63) is 57.7 Å². The van der Waals surface area contributed by atoms with E-state index >= 15 is 0 Å². The molecule has 1 amide bonds. The number of hydrogen-bond donors (Lipinski definition) is 1. The third-order valence-corrected chi connectivity index (χ3v) is 4.01. The van der Waals surface area contributed by atoms with E-state index in [1.165, 1.54) is 0 Å². The van der Waals surface area contributed by atoms with Crippen LogP contribution in [0.4, 0.5) is 5.69 Å². The summed E-state index contributed by atoms with van der Waals surface area (Å²) in [5, 5.41) is 2.81. The highest BCUT2D eigenvalue weighted by atomic mass is 127. The van der Waals surface area contributed by atoms with Crippen molar-refractivity contribution in [1.82, 2.24) is 0 Å². The third-order valence-electron chi connectivity index (χ3n) is 3.29. The third kappa shape index (κ3) is 5.06. The highest BCUT2D eigenvalue weighted by molar-refractivity contribution is 14.1. The van der Waals surface area contributed by atoms with Crippen molar-refractivity contribution in [2.45, 2.75) is 26.4 Å². The van der Waals surface area contributed by atoms with Gasteiger partial charge < -0.3 is 10.1 Å². The van der Waals surface area contributed by atoms with E-state index in [1.54, 1.807) is 31.2 Å². The highest BCUT2D eigenvalue weighted by Gasteiger charge is 2.15. The zero-order valence-corrected chi connectivity index (χ0v) is 15.2. The van der Waals surface area contributed by atoms with E-state index in [1.807, 2.05) is 31.2 Å². The zero-order valence-electron chi connectivity index (χ0n) is 13.0. The first-order valence-electron chi connectivity index (χ1n) is 7.36. The molecule has 120 valence electrons. The second-order valence-corrected chi connectivity index (χ2v) is 6.30. The Morgan fingerprint density at radius 3 is 2.26 bits per heavy atom. The number of rotatable bonds is 6. The van der Waals surface area contributed by atoms with E-state index in [9.17, 15) is 9.59 Å². The summed E-state index contributed by atoms with van der Waals surface area (Å²) >= 11 is 2.21. The molecule has 2 aromatic rings. The summed E-state index contributed by atoms with van der Waals surface area (Å²) in [6.07, 6.45) is -0.170. The van der Waals surface area contributed by atoms with Gasteiger partial charge in [0.05, 0.1) is 0 Å². The van der Waals surface area contributed by atoms with Gasteiger partial charge in [0.15, 0.2) is 11.9 Å². The van der Waals surface area contributed by atoms with Crippen LogP contribution < -0.4 is 10.1 Å². The number of amides is 1. The molecule has 2 aromatic carbocycles. The molecule has 23 heavy (non-hydrogen) atoms. The van der Waals surface area contributed by atoms with E-state index < -0.39 is 6.10 Å². The first-order valence-corrected chi connectivity index (χ1v) is 8.44. The molecule has 0 aromatic heterocycles. The van der Waals surface area contributed by atoms with Gasteiger partial charge in [0, 0.05) is 21.2 Å². The number of halogens is 1. The molecule has 0 radical (unpaired) electrons. The molecule has 0 saturated carbocycles. The molecule has 0 saturated heterocycles. The van der Waals surface area contributed by atoms with Gasteiger partial charge in [0.25, 0.3) is 5.91 Å². The van der Waals surface area contributed by atoms with Crippen LogP contribution in [-0.2, 0) is 4.79 Å². The Hall–Kier alpha value is -1.89. The molecule has 0 fully saturated rings. The van der Waals surface area contributed by atoms with Crippen molar-refractivity contribution in [2.75, 3.05) is 5.32 Å². The molecule has 0 bridgehead atoms. The monoisotopic (exact) mass is 423 g/mol. The highest BCUT2D eigenvalue weighted by Crippen LogP contribution is 2.16. The summed E-state index contributed by atoms with van der Waals surface area (Å²) in [6, 6.07) is 14.4. The Bertz CT molecular complexity index is 680. The summed E-state index contributed by atoms with van der Waals surface area (Å²) in [5.41, 5.74) is 1.38. The van der Waals surface area contributed by atoms with Crippen LogP contribution in [0.5, 0.6) is 5.75 Å². The Morgan fingerprint density at radius 2 is 1.70 bits per heavy atom. The number of carbonyl (C=O) groups excluding carboxylic acids is 2. The van der Waals surface area contributed by atoms with Crippen molar-refractivity contribution in [2.24, 2.45) is 0 Å². The molecule has 0 aliphatic heterocycles. The quantitative estimate of drug-likeness (QED) is 0.557. The van der Waals surface area contributed by atoms with Crippen LogP contribution in [0.15, 0.2) is 48.5 Å². The lowest BCUT2D eigenvalue weighted by atomic mass is 10.1. The fourth-order valence-corrected chi connectivity index (χ4v) is 2.32. The molecule has 0 heterocycles. The first-order chi connectivity index (χ1) is 11.0. The van der Waals surface area contributed by atoms with Crippen molar-refractivity contribution >= 4 is 40.0 Å². The van der Waals surface area contributed by atoms with Gasteiger partial charge in [0.1, 0.15) is 5.75 Å². The van der Waals surface area contributed by atoms with E-state index in [0.29, 0.717) is 17.7 Å². The van der Waals surface area contributed by atoms with Gasteiger partial charge in [-0.1, -0.05) is 6.92 Å². The second-order valence-electron chi connectivity index (χ2n) is 5.06. The van der Waals surface area contributed by atoms with Crippen LogP contribution in [0.2, 0.25) is 0 Å². The lowest BCUT2D eigenvalue weighted by molar-refractivity contribution is -0.122. The van der Waals surface area contributed by atoms with Crippen LogP contribution in [0, 0.1) is 3.57 Å². The van der Waals surface area contributed by atoms with Crippen LogP contribution in [0.3, 0.4) is 0 Å². The minimum Gasteiger partial charge on any atom is -0.481 e. The summed E-state index contributed by atoms with van der Waals surface area (Å²) in [4.78, 5) is 23.7. The van der Waals surface area contributed by atoms with Crippen LogP contribution >= 0.6 is 22.6 Å². The topological polar surface area (TPSA) is 55.4 Å². The van der Waals surface area contributed by atoms with Gasteiger partial charge in [-0.3, -0.25) is 9.59 Å². The van der Waals surface area contributed by atoms with Gasteiger partial charge in [-0.15, -0.1) is 0 Å². The predicted molar refractivity (Wildman–Crippen MR) is 98.9 cm³/mol. The van der Waals surface area contributed by atoms with Crippen molar-refractivity contribution < 1.29 is 14.3 Å². The number of Topliss-reactive ketones (excluding diaryl/α,β-unsaturated/α-hetero) is 1. The molecular formula is C18H18INO3. The largest absolute Gasteiger partial charge is 0.481 e. The molecule has 5 heteroatoms. The van der Waals surface area contributed by atoms with Gasteiger partial charge in [-0.2, -0.15) is 0 Å². The number of ether oxygens (including phenoxy) is 1. The van der Waals surface area contributed by atoms with E-state index in [0.717, 1.165) is 9.26 Å². The number of ketones is 1. The van der Waals surface area contributed by atoms with Gasteiger partial charge in [-0.05, 0) is 78.0 Å². The minimum absolute atomic E-state index is 0.0843.